The van der Waals surface area contributed by atoms with Crippen molar-refractivity contribution >= 4 is 11.8 Å². The molecule has 0 spiro atoms. The maximum atomic E-state index is 13.7. The minimum Gasteiger partial charge on any atom is -0.458 e. The first kappa shape index (κ1) is 57.2. The van der Waals surface area contributed by atoms with Crippen molar-refractivity contribution in [3.8, 4) is 0 Å². The van der Waals surface area contributed by atoms with E-state index < -0.39 is 144 Å². The molecule has 4 aliphatic heterocycles. The molecule has 4 heterocycles. The average Bonchev–Trinajstić information content (AvgIpc) is 3.62. The van der Waals surface area contributed by atoms with Crippen LogP contribution in [0.2, 0.25) is 0 Å². The number of carbonyl (C=O) groups excluding carboxylic acids is 2. The van der Waals surface area contributed by atoms with Gasteiger partial charge in [-0.25, -0.2) is 4.79 Å². The van der Waals surface area contributed by atoms with Gasteiger partial charge in [0.25, 0.3) is 0 Å². The summed E-state index contributed by atoms with van der Waals surface area (Å²) in [7, 11) is 6.48. The summed E-state index contributed by atoms with van der Waals surface area (Å²) in [5.41, 5.74) is -6.68. The Labute approximate surface area is 441 Å². The van der Waals surface area contributed by atoms with Gasteiger partial charge >= 0.3 is 5.97 Å². The molecule has 24 atom stereocenters. The molecular weight excluding hydrogens is 977 g/mol. The van der Waals surface area contributed by atoms with Gasteiger partial charge in [0.15, 0.2) is 30.9 Å². The summed E-state index contributed by atoms with van der Waals surface area (Å²) in [6.45, 7) is 12.5. The monoisotopic (exact) mass is 1060 g/mol. The van der Waals surface area contributed by atoms with Gasteiger partial charge in [-0.1, -0.05) is 36.8 Å². The Morgan fingerprint density at radius 3 is 1.60 bits per heavy atom. The number of fused-ring (bicyclic) bond motifs is 5. The Morgan fingerprint density at radius 2 is 1.11 bits per heavy atom. The van der Waals surface area contributed by atoms with E-state index in [9.17, 15) is 30.0 Å². The molecule has 19 nitrogen and oxygen atoms in total. The second-order valence-electron chi connectivity index (χ2n) is 23.2. The molecule has 3 saturated carbocycles. The van der Waals surface area contributed by atoms with Crippen molar-refractivity contribution < 1.29 is 91.6 Å². The largest absolute Gasteiger partial charge is 0.458 e. The van der Waals surface area contributed by atoms with Gasteiger partial charge in [0.1, 0.15) is 47.3 Å². The van der Waals surface area contributed by atoms with Crippen LogP contribution in [-0.4, -0.2) is 188 Å². The Hall–Kier alpha value is -2.54. The Morgan fingerprint density at radius 1 is 0.627 bits per heavy atom. The number of carbonyl (C=O) groups is 2. The molecule has 0 bridgehead atoms. The summed E-state index contributed by atoms with van der Waals surface area (Å²) in [4.78, 5) is 27.1. The first-order valence-corrected chi connectivity index (χ1v) is 27.2. The lowest BCUT2D eigenvalue weighted by Gasteiger charge is -2.67. The standard InChI is InChI=1S/C56H84O19/c1-29-47(58)37(63-8)24-44(67-29)73-49-31(3)69-46(26-39(49)65-10)75-50-32(4)70-45(27-40(50)66-11)74-48-30(2)68-43(25-38(48)64-9)71-36-18-19-52(6)35(23-36)17-20-55(61)41(52)28-42(72-51(59)34-15-13-12-14-16-34)53(7)54(60,33(5)57)21-22-56(53,55)62/h12-17,29-32,36-50,58,60-62H,18-28H2,1-11H3/t29?,30?,31?,32?,36-,37?,38?,39?,40?,41?,42?,43?,44?,45?,46?,47?,48?,49?,50?,52-,53+,54+,55-,56+/m0/s1. The number of hydrogen-bond donors (Lipinski definition) is 4. The van der Waals surface area contributed by atoms with Gasteiger partial charge in [-0.3, -0.25) is 4.79 Å². The quantitative estimate of drug-likeness (QED) is 0.136. The third-order valence-corrected chi connectivity index (χ3v) is 19.4. The number of Topliss-reactive ketones (excluding diaryl/α,β-unsaturated/α-hetero) is 1. The molecule has 0 aromatic heterocycles. The third-order valence-electron chi connectivity index (χ3n) is 19.4. The van der Waals surface area contributed by atoms with E-state index in [-0.39, 0.29) is 37.9 Å². The molecular formula is C56H84O19. The smallest absolute Gasteiger partial charge is 0.338 e. The Balaban J connectivity index is 0.810. The van der Waals surface area contributed by atoms with Crippen LogP contribution in [0.1, 0.15) is 129 Å². The van der Waals surface area contributed by atoms with Gasteiger partial charge in [-0.15, -0.1) is 0 Å². The lowest BCUT2D eigenvalue weighted by molar-refractivity contribution is -0.347. The van der Waals surface area contributed by atoms with Gasteiger partial charge in [-0.05, 0) is 104 Å². The highest BCUT2D eigenvalue weighted by molar-refractivity contribution is 5.90. The highest BCUT2D eigenvalue weighted by Gasteiger charge is 2.81. The summed E-state index contributed by atoms with van der Waals surface area (Å²) in [5, 5.41) is 48.5. The van der Waals surface area contributed by atoms with E-state index in [2.05, 4.69) is 6.92 Å². The van der Waals surface area contributed by atoms with Gasteiger partial charge in [0.05, 0.1) is 65.9 Å². The number of ether oxygens (including phenoxy) is 13. The van der Waals surface area contributed by atoms with Crippen molar-refractivity contribution in [1.82, 2.24) is 0 Å². The molecule has 75 heavy (non-hydrogen) atoms. The second kappa shape index (κ2) is 22.2. The highest BCUT2D eigenvalue weighted by Crippen LogP contribution is 2.71. The fourth-order valence-corrected chi connectivity index (χ4v) is 14.9. The second-order valence-corrected chi connectivity index (χ2v) is 23.2. The lowest BCUT2D eigenvalue weighted by atomic mass is 9.42. The van der Waals surface area contributed by atoms with Crippen LogP contribution in [0.5, 0.6) is 0 Å². The van der Waals surface area contributed by atoms with Crippen molar-refractivity contribution in [2.24, 2.45) is 16.7 Å². The summed E-state index contributed by atoms with van der Waals surface area (Å²) in [6, 6.07) is 8.53. The molecule has 0 amide bonds. The zero-order valence-corrected chi connectivity index (χ0v) is 45.6. The number of aliphatic hydroxyl groups is 4. The van der Waals surface area contributed by atoms with Crippen LogP contribution < -0.4 is 0 Å². The molecule has 1 aromatic carbocycles. The van der Waals surface area contributed by atoms with E-state index >= 15 is 0 Å². The zero-order valence-electron chi connectivity index (χ0n) is 45.6. The maximum absolute atomic E-state index is 13.7. The van der Waals surface area contributed by atoms with E-state index in [4.69, 9.17) is 61.6 Å². The highest BCUT2D eigenvalue weighted by atomic mass is 16.8. The summed E-state index contributed by atoms with van der Waals surface area (Å²) < 4.78 is 81.6. The molecule has 18 unspecified atom stereocenters. The number of aliphatic hydroxyl groups excluding tert-OH is 1. The molecule has 1 aromatic rings. The number of esters is 1. The predicted molar refractivity (Wildman–Crippen MR) is 266 cm³/mol. The minimum absolute atomic E-state index is 0.0438. The van der Waals surface area contributed by atoms with Crippen molar-refractivity contribution in [3.63, 3.8) is 0 Å². The third kappa shape index (κ3) is 10.0. The van der Waals surface area contributed by atoms with E-state index in [1.807, 2.05) is 26.8 Å². The average molecular weight is 1060 g/mol. The van der Waals surface area contributed by atoms with Crippen molar-refractivity contribution in [2.75, 3.05) is 28.4 Å². The fraction of sp³-hybridized carbons (Fsp3) is 0.821. The molecule has 4 saturated heterocycles. The van der Waals surface area contributed by atoms with Gasteiger partial charge in [-0.2, -0.15) is 0 Å². The van der Waals surface area contributed by atoms with Gasteiger partial charge in [0.2, 0.25) is 0 Å². The molecule has 4 aliphatic carbocycles. The van der Waals surface area contributed by atoms with Crippen molar-refractivity contribution in [1.29, 1.82) is 0 Å². The topological polar surface area (TPSA) is 235 Å². The Bertz CT molecular complexity index is 2180. The minimum atomic E-state index is -2.04. The SMILES string of the molecule is COC1CC(OC2C(C)OC(OC3C(C)OC(OC4C(C)OC(O[C@H]5CC[C@@]6(C)C(=CC[C@]7(O)C6CC(OC(=O)c6ccccc6)[C@@]6(C)[C@]7(O)CC[C@@]6(O)C(C)=O)C5)CC4OC)CC3OC)CC2OC)OC(C)C1O. The Kier molecular flexibility index (Phi) is 16.9. The number of benzene rings is 1. The van der Waals surface area contributed by atoms with Crippen LogP contribution in [0.25, 0.3) is 0 Å². The van der Waals surface area contributed by atoms with Crippen LogP contribution in [0, 0.1) is 16.7 Å². The van der Waals surface area contributed by atoms with E-state index in [0.717, 1.165) is 5.57 Å². The van der Waals surface area contributed by atoms with Gasteiger partial charge in [0, 0.05) is 60.0 Å². The van der Waals surface area contributed by atoms with Crippen LogP contribution in [0.3, 0.4) is 0 Å². The van der Waals surface area contributed by atoms with Crippen LogP contribution in [0.4, 0.5) is 0 Å². The fourth-order valence-electron chi connectivity index (χ4n) is 14.9. The predicted octanol–water partition coefficient (Wildman–Crippen LogP) is 4.84. The number of methoxy groups -OCH3 is 4. The molecule has 422 valence electrons. The van der Waals surface area contributed by atoms with E-state index in [1.54, 1.807) is 72.6 Å². The lowest BCUT2D eigenvalue weighted by Crippen LogP contribution is -2.78. The number of ketones is 1. The van der Waals surface area contributed by atoms with Crippen LogP contribution in [-0.2, 0) is 66.4 Å². The first-order valence-electron chi connectivity index (χ1n) is 27.2. The molecule has 0 radical (unpaired) electrons. The van der Waals surface area contributed by atoms with Gasteiger partial charge < -0.3 is 82.0 Å². The van der Waals surface area contributed by atoms with Crippen LogP contribution in [0.15, 0.2) is 42.0 Å². The van der Waals surface area contributed by atoms with Crippen LogP contribution >= 0.6 is 0 Å². The van der Waals surface area contributed by atoms with E-state index in [0.29, 0.717) is 50.5 Å². The number of hydrogen-bond acceptors (Lipinski definition) is 19. The zero-order chi connectivity index (χ0) is 54.0. The summed E-state index contributed by atoms with van der Waals surface area (Å²) in [6.07, 6.45) is -4.06. The maximum Gasteiger partial charge on any atom is 0.338 e. The first-order chi connectivity index (χ1) is 35.6. The summed E-state index contributed by atoms with van der Waals surface area (Å²) >= 11 is 0. The molecule has 8 aliphatic rings. The molecule has 7 fully saturated rings. The normalized spacial score (nSPS) is 48.9. The molecule has 4 N–H and O–H groups in total. The number of rotatable bonds is 15. The molecule has 9 rings (SSSR count). The molecule has 19 heteroatoms. The van der Waals surface area contributed by atoms with Crippen molar-refractivity contribution in [2.45, 2.75) is 247 Å². The van der Waals surface area contributed by atoms with E-state index in [1.165, 1.54) is 6.92 Å². The van der Waals surface area contributed by atoms with Crippen molar-refractivity contribution in [3.05, 3.63) is 47.5 Å². The summed E-state index contributed by atoms with van der Waals surface area (Å²) in [5.74, 6) is -1.75.